The Labute approximate surface area is 452 Å². The van der Waals surface area contributed by atoms with E-state index < -0.39 is 103 Å². The molecule has 12 N–H and O–H groups in total. The third-order valence-corrected chi connectivity index (χ3v) is 16.2. The monoisotopic (exact) mass is 1150 g/mol. The minimum absolute atomic E-state index is 0.00992. The molecule has 0 saturated carbocycles. The van der Waals surface area contributed by atoms with Crippen molar-refractivity contribution in [3.8, 4) is 0 Å². The van der Waals surface area contributed by atoms with Crippen LogP contribution in [0.5, 0.6) is 0 Å². The Balaban J connectivity index is 0.852. The molecule has 13 atom stereocenters. The fraction of sp³-hybridized carbons (Fsp3) is 0.652. The first kappa shape index (κ1) is 58.2. The van der Waals surface area contributed by atoms with Gasteiger partial charge >= 0.3 is 15.6 Å². The minimum atomic E-state index is -5.18. The van der Waals surface area contributed by atoms with Gasteiger partial charge in [-0.05, 0) is 6.42 Å². The number of amides is 1. The lowest BCUT2D eigenvalue weighted by Crippen LogP contribution is -2.48. The molecule has 0 aliphatic carbocycles. The number of fused-ring (bicyclic) bond motifs is 3. The van der Waals surface area contributed by atoms with Gasteiger partial charge in [-0.3, -0.25) is 36.6 Å². The normalized spacial score (nSPS) is 26.8. The van der Waals surface area contributed by atoms with Crippen molar-refractivity contribution in [1.29, 1.82) is 0 Å². The zero-order chi connectivity index (χ0) is 55.8. The molecule has 33 heteroatoms. The van der Waals surface area contributed by atoms with Gasteiger partial charge < -0.3 is 61.8 Å². The third kappa shape index (κ3) is 13.6. The van der Waals surface area contributed by atoms with E-state index in [0.29, 0.717) is 6.42 Å². The maximum atomic E-state index is 14.1. The topological polar surface area (TPSA) is 438 Å². The molecule has 9 rings (SSSR count). The summed E-state index contributed by atoms with van der Waals surface area (Å²) in [6.45, 7) is 0.118. The standard InChI is InChI=1S/C46H68N16O15P2/c1-2-3-4-5-6-7-8-9-10-11-12-13-14-15-30(64)59-31-29(75-45(36(31)66)61-24-57-33-39(48)51-21-54-42(33)61)19-72-78(67,68)76-27-16-26(73-44(27)60-23-56-32-38(47)50-20-53-41(32)60)18-71-79(69,70)77-37-35(65)28(17-63)74-46(37)62-25-58-34-40(49)52-22-55-43(34)62/h20-29,31,35-37,44-46,63,65-66H,2-19H2,1H3,(H,59,64)(H,67,68)(H,69,70)(H2,47,50,53)(H2,48,51,54)(H2,49,52,55). The van der Waals surface area contributed by atoms with E-state index >= 15 is 0 Å². The second-order valence-electron chi connectivity index (χ2n) is 19.8. The Morgan fingerprint density at radius 3 is 1.62 bits per heavy atom. The first-order chi connectivity index (χ1) is 38.1. The number of hydrogen-bond acceptors (Lipinski definition) is 25. The number of unbranched alkanes of at least 4 members (excludes halogenated alkanes) is 12. The van der Waals surface area contributed by atoms with Gasteiger partial charge in [0.15, 0.2) is 53.1 Å². The number of nitrogens with zero attached hydrogens (tertiary/aromatic N) is 12. The first-order valence-corrected chi connectivity index (χ1v) is 29.4. The molecule has 13 unspecified atom stereocenters. The van der Waals surface area contributed by atoms with Gasteiger partial charge in [0, 0.05) is 12.8 Å². The van der Waals surface area contributed by atoms with Gasteiger partial charge in [-0.25, -0.2) is 54.0 Å². The molecule has 6 aromatic heterocycles. The van der Waals surface area contributed by atoms with Crippen LogP contribution in [0, 0.1) is 0 Å². The van der Waals surface area contributed by atoms with Crippen LogP contribution in [0.4, 0.5) is 17.5 Å². The number of carbonyl (C=O) groups is 1. The Kier molecular flexibility index (Phi) is 19.1. The summed E-state index contributed by atoms with van der Waals surface area (Å²) in [5, 5.41) is 35.7. The largest absolute Gasteiger partial charge is 0.472 e. The number of carbonyl (C=O) groups excluding carboxylic acids is 1. The lowest BCUT2D eigenvalue weighted by Gasteiger charge is -2.25. The van der Waals surface area contributed by atoms with E-state index in [1.165, 1.54) is 90.4 Å². The number of anilines is 3. The number of aliphatic hydroxyl groups excluding tert-OH is 3. The lowest BCUT2D eigenvalue weighted by atomic mass is 10.0. The van der Waals surface area contributed by atoms with Crippen molar-refractivity contribution in [2.45, 2.75) is 171 Å². The van der Waals surface area contributed by atoms with Gasteiger partial charge in [0.2, 0.25) is 5.91 Å². The van der Waals surface area contributed by atoms with E-state index in [9.17, 15) is 39.0 Å². The molecule has 3 saturated heterocycles. The Hall–Kier alpha value is -5.50. The van der Waals surface area contributed by atoms with E-state index in [2.05, 4.69) is 57.1 Å². The van der Waals surface area contributed by atoms with Gasteiger partial charge in [0.05, 0.1) is 50.9 Å². The van der Waals surface area contributed by atoms with Crippen LogP contribution in [0.25, 0.3) is 33.5 Å². The molecule has 3 aliphatic heterocycles. The Morgan fingerprint density at radius 2 is 1.09 bits per heavy atom. The van der Waals surface area contributed by atoms with Crippen molar-refractivity contribution in [3.63, 3.8) is 0 Å². The zero-order valence-corrected chi connectivity index (χ0v) is 45.1. The fourth-order valence-electron chi connectivity index (χ4n) is 10.1. The number of aromatic nitrogens is 12. The summed E-state index contributed by atoms with van der Waals surface area (Å²) in [4.78, 5) is 73.2. The summed E-state index contributed by atoms with van der Waals surface area (Å²) in [6.07, 6.45) is 8.20. The van der Waals surface area contributed by atoms with Crippen LogP contribution in [-0.2, 0) is 46.2 Å². The highest BCUT2D eigenvalue weighted by Crippen LogP contribution is 2.53. The first-order valence-electron chi connectivity index (χ1n) is 26.4. The molecular formula is C46H68N16O15P2. The number of rotatable bonds is 29. The molecule has 0 bridgehead atoms. The summed E-state index contributed by atoms with van der Waals surface area (Å²) in [5.74, 6) is -0.268. The molecular weight excluding hydrogens is 1080 g/mol. The number of ether oxygens (including phenoxy) is 3. The molecule has 0 spiro atoms. The van der Waals surface area contributed by atoms with Crippen molar-refractivity contribution < 1.29 is 71.3 Å². The van der Waals surface area contributed by atoms with E-state index in [1.807, 2.05) is 0 Å². The third-order valence-electron chi connectivity index (χ3n) is 14.2. The molecule has 0 radical (unpaired) electrons. The summed E-state index contributed by atoms with van der Waals surface area (Å²) < 4.78 is 72.4. The van der Waals surface area contributed by atoms with E-state index in [4.69, 9.17) is 49.5 Å². The quantitative estimate of drug-likeness (QED) is 0.0241. The molecule has 79 heavy (non-hydrogen) atoms. The summed E-state index contributed by atoms with van der Waals surface area (Å²) in [6, 6.07) is -1.17. The molecule has 1 amide bonds. The maximum Gasteiger partial charge on any atom is 0.472 e. The molecule has 432 valence electrons. The lowest BCUT2D eigenvalue weighted by molar-refractivity contribution is -0.123. The fourth-order valence-corrected chi connectivity index (χ4v) is 12.0. The van der Waals surface area contributed by atoms with Gasteiger partial charge in [0.1, 0.15) is 72.2 Å². The van der Waals surface area contributed by atoms with Crippen molar-refractivity contribution >= 4 is 72.5 Å². The number of nitrogens with two attached hydrogens (primary N) is 3. The number of phosphoric ester groups is 2. The average Bonchev–Trinajstić information content (AvgIpc) is 4.50. The molecule has 3 aliphatic rings. The van der Waals surface area contributed by atoms with Crippen LogP contribution < -0.4 is 22.5 Å². The van der Waals surface area contributed by atoms with E-state index in [0.717, 1.165) is 38.3 Å². The highest BCUT2D eigenvalue weighted by atomic mass is 31.2. The highest BCUT2D eigenvalue weighted by molar-refractivity contribution is 7.47. The molecule has 3 fully saturated rings. The van der Waals surface area contributed by atoms with Gasteiger partial charge in [-0.15, -0.1) is 0 Å². The second-order valence-corrected chi connectivity index (χ2v) is 22.6. The van der Waals surface area contributed by atoms with E-state index in [1.54, 1.807) is 0 Å². The maximum absolute atomic E-state index is 14.1. The number of imidazole rings is 3. The number of aliphatic hydroxyl groups is 3. The molecule has 0 aromatic carbocycles. The number of hydrogen-bond donors (Lipinski definition) is 9. The van der Waals surface area contributed by atoms with Crippen molar-refractivity contribution in [2.24, 2.45) is 0 Å². The smallest absolute Gasteiger partial charge is 0.394 e. The van der Waals surface area contributed by atoms with E-state index in [-0.39, 0.29) is 69.7 Å². The summed E-state index contributed by atoms with van der Waals surface area (Å²) in [5.41, 5.74) is 19.1. The Bertz CT molecular complexity index is 3100. The summed E-state index contributed by atoms with van der Waals surface area (Å²) in [7, 11) is -10.3. The second kappa shape index (κ2) is 26.0. The van der Waals surface area contributed by atoms with Gasteiger partial charge in [0.25, 0.3) is 0 Å². The highest BCUT2D eigenvalue weighted by Gasteiger charge is 2.51. The molecule has 31 nitrogen and oxygen atoms in total. The zero-order valence-electron chi connectivity index (χ0n) is 43.4. The van der Waals surface area contributed by atoms with Gasteiger partial charge in [-0.1, -0.05) is 84.0 Å². The van der Waals surface area contributed by atoms with Crippen LogP contribution >= 0.6 is 15.6 Å². The van der Waals surface area contributed by atoms with Crippen LogP contribution in [-0.4, -0.2) is 158 Å². The van der Waals surface area contributed by atoms with Crippen molar-refractivity contribution in [1.82, 2.24) is 63.9 Å². The van der Waals surface area contributed by atoms with Crippen molar-refractivity contribution in [2.75, 3.05) is 37.0 Å². The summed E-state index contributed by atoms with van der Waals surface area (Å²) >= 11 is 0. The number of nitrogen functional groups attached to an aromatic ring is 3. The SMILES string of the molecule is CCCCCCCCCCCCCCCC(=O)NC1C(COP(=O)(O)OC2CC(COP(=O)(O)OC3C(O)C(CO)OC3n3cnc4c(N)ncnc43)OC2n2cnc3c(N)ncnc32)OC(n2cnc3c(N)ncnc32)C1O. The minimum Gasteiger partial charge on any atom is -0.394 e. The van der Waals surface area contributed by atoms with Gasteiger partial charge in [-0.2, -0.15) is 0 Å². The molecule has 6 aromatic rings. The van der Waals surface area contributed by atoms with Crippen molar-refractivity contribution in [3.05, 3.63) is 38.0 Å². The number of nitrogens with one attached hydrogen (secondary N) is 1. The predicted octanol–water partition coefficient (Wildman–Crippen LogP) is 3.02. The Morgan fingerprint density at radius 1 is 0.620 bits per heavy atom. The van der Waals surface area contributed by atoms with Crippen LogP contribution in [0.15, 0.2) is 38.0 Å². The van der Waals surface area contributed by atoms with Crippen LogP contribution in [0.1, 0.15) is 122 Å². The van der Waals surface area contributed by atoms with Crippen LogP contribution in [0.2, 0.25) is 0 Å². The van der Waals surface area contributed by atoms with Crippen LogP contribution in [0.3, 0.4) is 0 Å². The number of phosphoric acid groups is 2. The predicted molar refractivity (Wildman–Crippen MR) is 278 cm³/mol. The average molecular weight is 1150 g/mol. The molecule has 9 heterocycles.